The molecule has 2 aromatic carbocycles. The summed E-state index contributed by atoms with van der Waals surface area (Å²) in [4.78, 5) is 29.3. The van der Waals surface area contributed by atoms with E-state index in [-0.39, 0.29) is 5.91 Å². The lowest BCUT2D eigenvalue weighted by atomic mass is 10.1. The van der Waals surface area contributed by atoms with Crippen LogP contribution >= 0.6 is 11.6 Å². The summed E-state index contributed by atoms with van der Waals surface area (Å²) in [6.45, 7) is 7.61. The van der Waals surface area contributed by atoms with Crippen molar-refractivity contribution >= 4 is 51.4 Å². The minimum Gasteiger partial charge on any atom is -0.494 e. The number of hydrogen-bond donors (Lipinski definition) is 3. The molecule has 1 aliphatic rings. The molecule has 5 rings (SSSR count). The molecule has 1 aliphatic heterocycles. The summed E-state index contributed by atoms with van der Waals surface area (Å²) in [6.07, 6.45) is 7.20. The molecule has 9 nitrogen and oxygen atoms in total. The van der Waals surface area contributed by atoms with Gasteiger partial charge in [0, 0.05) is 48.9 Å². The van der Waals surface area contributed by atoms with Crippen LogP contribution in [0.2, 0.25) is 5.02 Å². The standard InChI is InChI=1S/C29H32ClN7O2/c1-4-27(38)33-23-15-24(26(39-3)16-25(23)36(2)13-14-37-11-7-8-12-37)34-29-32-18-21(30)28(35-29)20-17-31-22-10-6-5-9-19(20)22/h4-6,9-10,15-18,31H,1,7-8,11-14H2,2-3H3,(H,33,38)(H,32,34,35). The Morgan fingerprint density at radius 1 is 1.26 bits per heavy atom. The summed E-state index contributed by atoms with van der Waals surface area (Å²) in [7, 11) is 3.62. The highest BCUT2D eigenvalue weighted by Gasteiger charge is 2.19. The molecule has 1 saturated heterocycles. The van der Waals surface area contributed by atoms with E-state index in [0.29, 0.717) is 33.8 Å². The predicted molar refractivity (Wildman–Crippen MR) is 158 cm³/mol. The molecule has 0 spiro atoms. The molecule has 0 unspecified atom stereocenters. The van der Waals surface area contributed by atoms with E-state index in [4.69, 9.17) is 21.3 Å². The van der Waals surface area contributed by atoms with E-state index in [0.717, 1.165) is 48.3 Å². The second kappa shape index (κ2) is 11.8. The highest BCUT2D eigenvalue weighted by Crippen LogP contribution is 2.39. The number of nitrogens with one attached hydrogen (secondary N) is 3. The van der Waals surface area contributed by atoms with Gasteiger partial charge in [0.2, 0.25) is 11.9 Å². The van der Waals surface area contributed by atoms with Crippen LogP contribution in [-0.2, 0) is 4.79 Å². The molecular weight excluding hydrogens is 514 g/mol. The number of carbonyl (C=O) groups excluding carboxylic acids is 1. The van der Waals surface area contributed by atoms with Crippen molar-refractivity contribution < 1.29 is 9.53 Å². The molecule has 2 aromatic heterocycles. The maximum Gasteiger partial charge on any atom is 0.247 e. The summed E-state index contributed by atoms with van der Waals surface area (Å²) < 4.78 is 5.74. The Morgan fingerprint density at radius 2 is 2.05 bits per heavy atom. The first-order chi connectivity index (χ1) is 19.0. The molecule has 0 radical (unpaired) electrons. The van der Waals surface area contributed by atoms with Crippen LogP contribution in [0.15, 0.2) is 61.4 Å². The highest BCUT2D eigenvalue weighted by atomic mass is 35.5. The Kier molecular flexibility index (Phi) is 7.99. The van der Waals surface area contributed by atoms with E-state index in [1.165, 1.54) is 18.9 Å². The number of hydrogen-bond acceptors (Lipinski definition) is 7. The number of methoxy groups -OCH3 is 1. The molecule has 0 aliphatic carbocycles. The zero-order valence-corrected chi connectivity index (χ0v) is 22.9. The molecule has 0 saturated carbocycles. The van der Waals surface area contributed by atoms with Gasteiger partial charge >= 0.3 is 0 Å². The molecule has 39 heavy (non-hydrogen) atoms. The van der Waals surface area contributed by atoms with Crippen LogP contribution in [0.1, 0.15) is 12.8 Å². The number of fused-ring (bicyclic) bond motifs is 1. The topological polar surface area (TPSA) is 98.4 Å². The number of nitrogens with zero attached hydrogens (tertiary/aromatic N) is 4. The Hall–Kier alpha value is -4.08. The van der Waals surface area contributed by atoms with Gasteiger partial charge in [-0.15, -0.1) is 0 Å². The van der Waals surface area contributed by atoms with Crippen LogP contribution in [-0.4, -0.2) is 66.1 Å². The van der Waals surface area contributed by atoms with Crippen molar-refractivity contribution in [1.29, 1.82) is 0 Å². The number of likely N-dealkylation sites (tertiary alicyclic amines) is 1. The maximum atomic E-state index is 12.3. The van der Waals surface area contributed by atoms with Gasteiger partial charge in [-0.1, -0.05) is 36.4 Å². The zero-order valence-electron chi connectivity index (χ0n) is 22.1. The van der Waals surface area contributed by atoms with Crippen molar-refractivity contribution in [3.63, 3.8) is 0 Å². The number of halogens is 1. The van der Waals surface area contributed by atoms with Crippen LogP contribution in [0.5, 0.6) is 5.75 Å². The number of carbonyl (C=O) groups is 1. The summed E-state index contributed by atoms with van der Waals surface area (Å²) in [5.74, 6) is 0.626. The van der Waals surface area contributed by atoms with Gasteiger partial charge in [0.15, 0.2) is 0 Å². The summed E-state index contributed by atoms with van der Waals surface area (Å²) in [6, 6.07) is 11.7. The number of H-pyrrole nitrogens is 1. The third-order valence-corrected chi connectivity index (χ3v) is 7.23. The monoisotopic (exact) mass is 545 g/mol. The lowest BCUT2D eigenvalue weighted by molar-refractivity contribution is -0.111. The van der Waals surface area contributed by atoms with Crippen LogP contribution < -0.4 is 20.3 Å². The zero-order chi connectivity index (χ0) is 27.4. The van der Waals surface area contributed by atoms with E-state index in [9.17, 15) is 4.79 Å². The van der Waals surface area contributed by atoms with E-state index in [1.54, 1.807) is 13.3 Å². The third-order valence-electron chi connectivity index (χ3n) is 6.96. The second-order valence-electron chi connectivity index (χ2n) is 9.50. The van der Waals surface area contributed by atoms with Crippen LogP contribution in [0, 0.1) is 0 Å². The molecule has 3 heterocycles. The van der Waals surface area contributed by atoms with Crippen LogP contribution in [0.4, 0.5) is 23.0 Å². The molecule has 10 heteroatoms. The molecule has 1 fully saturated rings. The van der Waals surface area contributed by atoms with Crippen molar-refractivity contribution in [2.75, 3.05) is 55.9 Å². The van der Waals surface area contributed by atoms with Crippen LogP contribution in [0.25, 0.3) is 22.2 Å². The Labute approximate surface area is 232 Å². The number of aromatic amines is 1. The van der Waals surface area contributed by atoms with Gasteiger partial charge in [0.1, 0.15) is 5.75 Å². The fraction of sp³-hybridized carbons (Fsp3) is 0.276. The second-order valence-corrected chi connectivity index (χ2v) is 9.90. The Morgan fingerprint density at radius 3 is 2.82 bits per heavy atom. The highest BCUT2D eigenvalue weighted by molar-refractivity contribution is 6.33. The lowest BCUT2D eigenvalue weighted by Gasteiger charge is -2.26. The average Bonchev–Trinajstić information content (AvgIpc) is 3.63. The maximum absolute atomic E-state index is 12.3. The fourth-order valence-electron chi connectivity index (χ4n) is 4.86. The quantitative estimate of drug-likeness (QED) is 0.220. The van der Waals surface area contributed by atoms with Gasteiger partial charge in [-0.3, -0.25) is 4.79 Å². The first-order valence-corrected chi connectivity index (χ1v) is 13.3. The minimum absolute atomic E-state index is 0.301. The minimum atomic E-state index is -0.301. The van der Waals surface area contributed by atoms with Crippen molar-refractivity contribution in [3.05, 3.63) is 66.5 Å². The SMILES string of the molecule is C=CC(=O)Nc1cc(Nc2ncc(Cl)c(-c3c[nH]c4ccccc34)n2)c(OC)cc1N(C)CCN1CCCC1. The molecule has 4 aromatic rings. The molecule has 0 bridgehead atoms. The van der Waals surface area contributed by atoms with Gasteiger partial charge in [0.25, 0.3) is 0 Å². The van der Waals surface area contributed by atoms with Gasteiger partial charge < -0.3 is 30.2 Å². The number of rotatable bonds is 10. The number of aromatic nitrogens is 3. The van der Waals surface area contributed by atoms with Crippen molar-refractivity contribution in [2.45, 2.75) is 12.8 Å². The third kappa shape index (κ3) is 5.84. The van der Waals surface area contributed by atoms with Crippen molar-refractivity contribution in [1.82, 2.24) is 19.9 Å². The predicted octanol–water partition coefficient (Wildman–Crippen LogP) is 5.69. The number of ether oxygens (including phenoxy) is 1. The van der Waals surface area contributed by atoms with Gasteiger partial charge in [-0.05, 0) is 44.1 Å². The summed E-state index contributed by atoms with van der Waals surface area (Å²) in [5, 5.41) is 7.64. The number of para-hydroxylation sites is 1. The molecule has 3 N–H and O–H groups in total. The van der Waals surface area contributed by atoms with E-state index >= 15 is 0 Å². The molecular formula is C29H32ClN7O2. The first kappa shape index (κ1) is 26.5. The average molecular weight is 546 g/mol. The van der Waals surface area contributed by atoms with E-state index < -0.39 is 0 Å². The smallest absolute Gasteiger partial charge is 0.247 e. The fourth-order valence-corrected chi connectivity index (χ4v) is 5.05. The lowest BCUT2D eigenvalue weighted by Crippen LogP contribution is -2.32. The van der Waals surface area contributed by atoms with Gasteiger partial charge in [-0.2, -0.15) is 0 Å². The first-order valence-electron chi connectivity index (χ1n) is 12.9. The van der Waals surface area contributed by atoms with Crippen LogP contribution in [0.3, 0.4) is 0 Å². The summed E-state index contributed by atoms with van der Waals surface area (Å²) >= 11 is 6.52. The number of amides is 1. The largest absolute Gasteiger partial charge is 0.494 e. The van der Waals surface area contributed by atoms with E-state index in [1.807, 2.05) is 49.6 Å². The number of benzene rings is 2. The normalized spacial score (nSPS) is 13.4. The van der Waals surface area contributed by atoms with Crippen molar-refractivity contribution in [2.24, 2.45) is 0 Å². The summed E-state index contributed by atoms with van der Waals surface area (Å²) in [5.41, 5.74) is 4.53. The van der Waals surface area contributed by atoms with Gasteiger partial charge in [0.05, 0.1) is 41.1 Å². The number of likely N-dealkylation sites (N-methyl/N-ethyl adjacent to an activating group) is 1. The molecule has 202 valence electrons. The molecule has 0 atom stereocenters. The Bertz CT molecular complexity index is 1500. The Balaban J connectivity index is 1.47. The number of anilines is 4. The van der Waals surface area contributed by atoms with Crippen molar-refractivity contribution in [3.8, 4) is 17.0 Å². The van der Waals surface area contributed by atoms with E-state index in [2.05, 4.69) is 37.0 Å². The van der Waals surface area contributed by atoms with Gasteiger partial charge in [-0.25, -0.2) is 9.97 Å². The molecule has 1 amide bonds.